The number of aromatic nitrogens is 2. The number of benzene rings is 1. The van der Waals surface area contributed by atoms with Crippen molar-refractivity contribution >= 4 is 23.5 Å². The van der Waals surface area contributed by atoms with Crippen LogP contribution in [0.4, 0.5) is 11.6 Å². The Balaban J connectivity index is 1.80. The number of rotatable bonds is 6. The van der Waals surface area contributed by atoms with Gasteiger partial charge in [0, 0.05) is 11.6 Å². The lowest BCUT2D eigenvalue weighted by Crippen LogP contribution is -2.27. The smallest absolute Gasteiger partial charge is 0.335 e. The molecule has 8 heteroatoms. The molecule has 2 aromatic rings. The number of anilines is 2. The number of hydrogen-bond acceptors (Lipinski definition) is 6. The highest BCUT2D eigenvalue weighted by Gasteiger charge is 2.32. The van der Waals surface area contributed by atoms with E-state index in [1.165, 1.54) is 18.3 Å². The third-order valence-corrected chi connectivity index (χ3v) is 4.86. The van der Waals surface area contributed by atoms with Crippen LogP contribution < -0.4 is 11.1 Å². The number of primary amides is 1. The van der Waals surface area contributed by atoms with Gasteiger partial charge in [-0.3, -0.25) is 4.79 Å². The van der Waals surface area contributed by atoms with Crippen molar-refractivity contribution in [3.05, 3.63) is 47.3 Å². The molecule has 0 aliphatic heterocycles. The second-order valence-electron chi connectivity index (χ2n) is 6.58. The molecule has 1 amide bonds. The molecule has 0 unspecified atom stereocenters. The zero-order valence-corrected chi connectivity index (χ0v) is 14.6. The van der Waals surface area contributed by atoms with E-state index < -0.39 is 5.97 Å². The van der Waals surface area contributed by atoms with Crippen LogP contribution in [0.15, 0.2) is 30.5 Å². The first kappa shape index (κ1) is 18.3. The van der Waals surface area contributed by atoms with Crippen molar-refractivity contribution in [3.8, 4) is 6.07 Å². The number of carbonyl (C=O) groups excluding carboxylic acids is 1. The minimum atomic E-state index is -1.00. The average molecular weight is 365 g/mol. The second kappa shape index (κ2) is 7.83. The van der Waals surface area contributed by atoms with Crippen molar-refractivity contribution in [2.45, 2.75) is 25.7 Å². The summed E-state index contributed by atoms with van der Waals surface area (Å²) in [4.78, 5) is 31.1. The van der Waals surface area contributed by atoms with Gasteiger partial charge in [-0.2, -0.15) is 5.26 Å². The van der Waals surface area contributed by atoms with Crippen LogP contribution >= 0.6 is 0 Å². The fourth-order valence-corrected chi connectivity index (χ4v) is 3.46. The number of nitrogens with zero attached hydrogens (tertiary/aromatic N) is 3. The van der Waals surface area contributed by atoms with Crippen LogP contribution in [-0.2, 0) is 11.2 Å². The molecule has 1 heterocycles. The van der Waals surface area contributed by atoms with E-state index in [0.29, 0.717) is 29.3 Å². The summed E-state index contributed by atoms with van der Waals surface area (Å²) in [7, 11) is 0. The zero-order chi connectivity index (χ0) is 19.4. The van der Waals surface area contributed by atoms with Gasteiger partial charge in [0.15, 0.2) is 0 Å². The van der Waals surface area contributed by atoms with Crippen LogP contribution in [0.1, 0.15) is 40.9 Å². The van der Waals surface area contributed by atoms with Gasteiger partial charge in [-0.1, -0.05) is 6.42 Å². The topological polar surface area (TPSA) is 142 Å². The van der Waals surface area contributed by atoms with Crippen LogP contribution in [0.2, 0.25) is 0 Å². The molecule has 1 aliphatic rings. The Labute approximate surface area is 156 Å². The number of amides is 1. The number of carboxylic acids is 1. The monoisotopic (exact) mass is 365 g/mol. The highest BCUT2D eigenvalue weighted by molar-refractivity contribution is 5.88. The normalized spacial score (nSPS) is 18.6. The number of nitriles is 1. The van der Waals surface area contributed by atoms with E-state index in [2.05, 4.69) is 21.4 Å². The summed E-state index contributed by atoms with van der Waals surface area (Å²) in [6.45, 7) is 0. The van der Waals surface area contributed by atoms with Gasteiger partial charge in [-0.15, -0.1) is 0 Å². The Morgan fingerprint density at radius 2 is 2.04 bits per heavy atom. The first-order chi connectivity index (χ1) is 13.0. The predicted molar refractivity (Wildman–Crippen MR) is 97.2 cm³/mol. The number of aromatic carboxylic acids is 1. The fourth-order valence-electron chi connectivity index (χ4n) is 3.46. The number of carbonyl (C=O) groups is 2. The molecule has 0 spiro atoms. The minimum Gasteiger partial charge on any atom is -0.478 e. The van der Waals surface area contributed by atoms with Gasteiger partial charge in [0.05, 0.1) is 23.0 Å². The van der Waals surface area contributed by atoms with Crippen LogP contribution in [0, 0.1) is 23.2 Å². The van der Waals surface area contributed by atoms with Gasteiger partial charge < -0.3 is 16.2 Å². The van der Waals surface area contributed by atoms with Crippen LogP contribution in [0.5, 0.6) is 0 Å². The largest absolute Gasteiger partial charge is 0.478 e. The van der Waals surface area contributed by atoms with Crippen molar-refractivity contribution in [1.82, 2.24) is 9.97 Å². The molecule has 1 aliphatic carbocycles. The van der Waals surface area contributed by atoms with Crippen molar-refractivity contribution in [1.29, 1.82) is 5.26 Å². The summed E-state index contributed by atoms with van der Waals surface area (Å²) in [6.07, 6.45) is 4.53. The lowest BCUT2D eigenvalue weighted by molar-refractivity contribution is -0.122. The Bertz CT molecular complexity index is 905. The summed E-state index contributed by atoms with van der Waals surface area (Å²) in [5, 5.41) is 21.3. The van der Waals surface area contributed by atoms with Gasteiger partial charge in [-0.25, -0.2) is 14.8 Å². The van der Waals surface area contributed by atoms with Crippen molar-refractivity contribution in [2.24, 2.45) is 17.6 Å². The van der Waals surface area contributed by atoms with Crippen molar-refractivity contribution in [2.75, 3.05) is 5.32 Å². The molecular formula is C19H19N5O3. The van der Waals surface area contributed by atoms with Gasteiger partial charge >= 0.3 is 5.97 Å². The minimum absolute atomic E-state index is 0.0761. The quantitative estimate of drug-likeness (QED) is 0.712. The summed E-state index contributed by atoms with van der Waals surface area (Å²) in [6, 6.07) is 8.28. The van der Waals surface area contributed by atoms with Crippen molar-refractivity contribution < 1.29 is 14.7 Å². The molecule has 3 rings (SSSR count). The summed E-state index contributed by atoms with van der Waals surface area (Å²) in [5.74, 6) is -1.11. The lowest BCUT2D eigenvalue weighted by Gasteiger charge is -2.17. The van der Waals surface area contributed by atoms with E-state index in [4.69, 9.17) is 10.8 Å². The molecule has 1 aromatic carbocycles. The third kappa shape index (κ3) is 4.20. The second-order valence-corrected chi connectivity index (χ2v) is 6.58. The lowest BCUT2D eigenvalue weighted by atomic mass is 9.90. The van der Waals surface area contributed by atoms with E-state index in [9.17, 15) is 14.9 Å². The highest BCUT2D eigenvalue weighted by atomic mass is 16.4. The van der Waals surface area contributed by atoms with E-state index in [1.807, 2.05) is 0 Å². The maximum absolute atomic E-state index is 11.6. The fraction of sp³-hybridized carbons (Fsp3) is 0.316. The molecule has 1 aromatic heterocycles. The van der Waals surface area contributed by atoms with E-state index in [0.717, 1.165) is 19.3 Å². The molecule has 8 nitrogen and oxygen atoms in total. The van der Waals surface area contributed by atoms with Gasteiger partial charge in [-0.05, 0) is 49.4 Å². The molecule has 4 N–H and O–H groups in total. The number of nitrogens with one attached hydrogen (secondary N) is 1. The molecule has 2 atom stereocenters. The predicted octanol–water partition coefficient (Wildman–Crippen LogP) is 2.23. The van der Waals surface area contributed by atoms with Crippen LogP contribution in [-0.4, -0.2) is 27.0 Å². The molecule has 27 heavy (non-hydrogen) atoms. The molecule has 0 bridgehead atoms. The SMILES string of the molecule is N#Cc1cnc(Nc2ccc(C(=O)O)cc2)nc1C[C@@H]1CCC[C@@H]1C(N)=O. The third-order valence-electron chi connectivity index (χ3n) is 4.86. The highest BCUT2D eigenvalue weighted by Crippen LogP contribution is 2.34. The molecule has 138 valence electrons. The Kier molecular flexibility index (Phi) is 5.31. The van der Waals surface area contributed by atoms with E-state index in [1.54, 1.807) is 12.1 Å². The zero-order valence-electron chi connectivity index (χ0n) is 14.6. The Hall–Kier alpha value is -3.47. The maximum atomic E-state index is 11.6. The Morgan fingerprint density at radius 1 is 1.30 bits per heavy atom. The Morgan fingerprint density at radius 3 is 2.67 bits per heavy atom. The summed E-state index contributed by atoms with van der Waals surface area (Å²) in [5.41, 5.74) is 7.25. The first-order valence-electron chi connectivity index (χ1n) is 8.63. The van der Waals surface area contributed by atoms with Crippen LogP contribution in [0.25, 0.3) is 0 Å². The van der Waals surface area contributed by atoms with Gasteiger partial charge in [0.1, 0.15) is 6.07 Å². The average Bonchev–Trinajstić information content (AvgIpc) is 3.11. The molecule has 1 saturated carbocycles. The number of nitrogens with two attached hydrogens (primary N) is 1. The number of carboxylic acid groups (broad SMARTS) is 1. The maximum Gasteiger partial charge on any atom is 0.335 e. The molecule has 1 fully saturated rings. The first-order valence-corrected chi connectivity index (χ1v) is 8.63. The molecule has 0 radical (unpaired) electrons. The van der Waals surface area contributed by atoms with E-state index in [-0.39, 0.29) is 23.3 Å². The molecule has 0 saturated heterocycles. The van der Waals surface area contributed by atoms with Gasteiger partial charge in [0.25, 0.3) is 0 Å². The standard InChI is InChI=1S/C19H19N5O3/c20-9-13-10-22-19(23-14-6-4-11(5-7-14)18(26)27)24-16(13)8-12-2-1-3-15(12)17(21)25/h4-7,10,12,15H,1-3,8H2,(H2,21,25)(H,26,27)(H,22,23,24)/t12-,15-/m0/s1. The number of hydrogen-bond donors (Lipinski definition) is 3. The van der Waals surface area contributed by atoms with Crippen molar-refractivity contribution in [3.63, 3.8) is 0 Å². The van der Waals surface area contributed by atoms with Crippen LogP contribution in [0.3, 0.4) is 0 Å². The van der Waals surface area contributed by atoms with E-state index >= 15 is 0 Å². The molecular weight excluding hydrogens is 346 g/mol. The van der Waals surface area contributed by atoms with Gasteiger partial charge in [0.2, 0.25) is 11.9 Å². The summed E-state index contributed by atoms with van der Waals surface area (Å²) < 4.78 is 0. The summed E-state index contributed by atoms with van der Waals surface area (Å²) >= 11 is 0.